The van der Waals surface area contributed by atoms with Crippen LogP contribution in [0.2, 0.25) is 5.02 Å². The Morgan fingerprint density at radius 2 is 2.26 bits per heavy atom. The van der Waals surface area contributed by atoms with E-state index in [1.54, 1.807) is 6.07 Å². The topological polar surface area (TPSA) is 30.3 Å². The van der Waals surface area contributed by atoms with Gasteiger partial charge in [0.1, 0.15) is 5.82 Å². The largest absolute Gasteiger partial charge is 0.381 e. The molecule has 0 saturated heterocycles. The van der Waals surface area contributed by atoms with Crippen LogP contribution in [0.15, 0.2) is 24.4 Å². The zero-order chi connectivity index (χ0) is 16.4. The molecular weight excluding hydrogens is 317 g/mol. The van der Waals surface area contributed by atoms with Gasteiger partial charge in [0.15, 0.2) is 0 Å². The third-order valence-corrected chi connectivity index (χ3v) is 4.42. The molecule has 0 bridgehead atoms. The van der Waals surface area contributed by atoms with Gasteiger partial charge in [0.2, 0.25) is 0 Å². The molecule has 3 rings (SSSR count). The van der Waals surface area contributed by atoms with Gasteiger partial charge in [-0.2, -0.15) is 5.10 Å². The molecule has 124 valence electrons. The van der Waals surface area contributed by atoms with Gasteiger partial charge in [-0.3, -0.25) is 9.58 Å². The standard InChI is InChI=1S/C17H21ClFN3O/c1-3-23-11-14-10-22(9-13-8-21(2)20-17(13)14)7-12-4-5-15(18)16(19)6-12/h4-6,8,14H,3,7,9-11H2,1-2H3/t14-/m1/s1. The Balaban J connectivity index is 1.77. The Morgan fingerprint density at radius 3 is 3.00 bits per heavy atom. The van der Waals surface area contributed by atoms with Crippen LogP contribution >= 0.6 is 11.6 Å². The van der Waals surface area contributed by atoms with Crippen molar-refractivity contribution in [3.05, 3.63) is 52.1 Å². The van der Waals surface area contributed by atoms with Crippen molar-refractivity contribution in [2.75, 3.05) is 19.8 Å². The minimum absolute atomic E-state index is 0.163. The number of halogens is 2. The van der Waals surface area contributed by atoms with Crippen LogP contribution < -0.4 is 0 Å². The number of ether oxygens (including phenoxy) is 1. The van der Waals surface area contributed by atoms with Crippen LogP contribution in [0.3, 0.4) is 0 Å². The molecule has 0 amide bonds. The molecule has 1 aromatic carbocycles. The first-order valence-electron chi connectivity index (χ1n) is 7.83. The van der Waals surface area contributed by atoms with Crippen molar-refractivity contribution in [3.8, 4) is 0 Å². The Morgan fingerprint density at radius 1 is 1.43 bits per heavy atom. The molecular formula is C17H21ClFN3O. The summed E-state index contributed by atoms with van der Waals surface area (Å²) in [5, 5.41) is 4.75. The molecule has 6 heteroatoms. The van der Waals surface area contributed by atoms with E-state index in [-0.39, 0.29) is 16.8 Å². The molecule has 0 unspecified atom stereocenters. The minimum atomic E-state index is -0.367. The first-order chi connectivity index (χ1) is 11.1. The van der Waals surface area contributed by atoms with Gasteiger partial charge in [-0.05, 0) is 24.6 Å². The van der Waals surface area contributed by atoms with Gasteiger partial charge in [-0.15, -0.1) is 0 Å². The number of benzene rings is 1. The monoisotopic (exact) mass is 337 g/mol. The van der Waals surface area contributed by atoms with Crippen LogP contribution in [-0.4, -0.2) is 34.4 Å². The zero-order valence-corrected chi connectivity index (χ0v) is 14.2. The van der Waals surface area contributed by atoms with E-state index in [4.69, 9.17) is 16.3 Å². The summed E-state index contributed by atoms with van der Waals surface area (Å²) in [5.41, 5.74) is 3.27. The highest BCUT2D eigenvalue weighted by molar-refractivity contribution is 6.30. The van der Waals surface area contributed by atoms with E-state index in [0.29, 0.717) is 19.8 Å². The lowest BCUT2D eigenvalue weighted by Crippen LogP contribution is -2.34. The summed E-state index contributed by atoms with van der Waals surface area (Å²) in [7, 11) is 1.94. The van der Waals surface area contributed by atoms with Crippen LogP contribution in [0.25, 0.3) is 0 Å². The quantitative estimate of drug-likeness (QED) is 0.838. The van der Waals surface area contributed by atoms with E-state index in [0.717, 1.165) is 24.3 Å². The van der Waals surface area contributed by atoms with Gasteiger partial charge in [0.25, 0.3) is 0 Å². The minimum Gasteiger partial charge on any atom is -0.381 e. The van der Waals surface area contributed by atoms with Crippen molar-refractivity contribution >= 4 is 11.6 Å². The maximum Gasteiger partial charge on any atom is 0.142 e. The summed E-state index contributed by atoms with van der Waals surface area (Å²) < 4.78 is 21.1. The fourth-order valence-corrected chi connectivity index (χ4v) is 3.25. The molecule has 23 heavy (non-hydrogen) atoms. The molecule has 0 saturated carbocycles. The molecule has 1 aliphatic rings. The van der Waals surface area contributed by atoms with E-state index in [9.17, 15) is 4.39 Å². The molecule has 2 heterocycles. The average molecular weight is 338 g/mol. The second-order valence-electron chi connectivity index (χ2n) is 5.99. The highest BCUT2D eigenvalue weighted by Crippen LogP contribution is 2.28. The number of fused-ring (bicyclic) bond motifs is 1. The molecule has 0 radical (unpaired) electrons. The van der Waals surface area contributed by atoms with Gasteiger partial charge in [-0.25, -0.2) is 4.39 Å². The van der Waals surface area contributed by atoms with E-state index in [1.165, 1.54) is 11.6 Å². The molecule has 0 fully saturated rings. The number of aromatic nitrogens is 2. The van der Waals surface area contributed by atoms with E-state index >= 15 is 0 Å². The second-order valence-corrected chi connectivity index (χ2v) is 6.39. The Bertz CT molecular complexity index is 688. The molecule has 4 nitrogen and oxygen atoms in total. The summed E-state index contributed by atoms with van der Waals surface area (Å²) in [6.07, 6.45) is 2.06. The third-order valence-electron chi connectivity index (χ3n) is 4.11. The van der Waals surface area contributed by atoms with Crippen LogP contribution in [0, 0.1) is 5.82 Å². The van der Waals surface area contributed by atoms with Crippen LogP contribution in [-0.2, 0) is 24.9 Å². The van der Waals surface area contributed by atoms with Crippen LogP contribution in [0.1, 0.15) is 29.7 Å². The van der Waals surface area contributed by atoms with Crippen molar-refractivity contribution in [1.82, 2.24) is 14.7 Å². The summed E-state index contributed by atoms with van der Waals surface area (Å²) in [4.78, 5) is 2.30. The predicted molar refractivity (Wildman–Crippen MR) is 88.0 cm³/mol. The van der Waals surface area contributed by atoms with Crippen LogP contribution in [0.4, 0.5) is 4.39 Å². The number of hydrogen-bond donors (Lipinski definition) is 0. The maximum atomic E-state index is 13.6. The molecule has 0 aliphatic carbocycles. The first kappa shape index (κ1) is 16.4. The maximum absolute atomic E-state index is 13.6. The molecule has 1 atom stereocenters. The molecule has 0 N–H and O–H groups in total. The smallest absolute Gasteiger partial charge is 0.142 e. The van der Waals surface area contributed by atoms with Crippen molar-refractivity contribution in [3.63, 3.8) is 0 Å². The summed E-state index contributed by atoms with van der Waals surface area (Å²) in [6.45, 7) is 5.71. The summed E-state index contributed by atoms with van der Waals surface area (Å²) in [5.74, 6) is -0.119. The lowest BCUT2D eigenvalue weighted by atomic mass is 9.97. The molecule has 1 aliphatic heterocycles. The van der Waals surface area contributed by atoms with Gasteiger partial charge < -0.3 is 4.74 Å². The summed E-state index contributed by atoms with van der Waals surface area (Å²) in [6, 6.07) is 5.00. The normalized spacial score (nSPS) is 18.2. The second kappa shape index (κ2) is 6.99. The lowest BCUT2D eigenvalue weighted by molar-refractivity contribution is 0.104. The van der Waals surface area contributed by atoms with Crippen LogP contribution in [0.5, 0.6) is 0 Å². The number of rotatable bonds is 5. The van der Waals surface area contributed by atoms with Gasteiger partial charge in [0.05, 0.1) is 17.3 Å². The predicted octanol–water partition coefficient (Wildman–Crippen LogP) is 3.35. The first-order valence-corrected chi connectivity index (χ1v) is 8.21. The van der Waals surface area contributed by atoms with Crippen molar-refractivity contribution in [1.29, 1.82) is 0 Å². The van der Waals surface area contributed by atoms with E-state index in [1.807, 2.05) is 24.7 Å². The third kappa shape index (κ3) is 3.74. The number of aryl methyl sites for hydroxylation is 1. The molecule has 1 aromatic heterocycles. The summed E-state index contributed by atoms with van der Waals surface area (Å²) >= 11 is 5.76. The van der Waals surface area contributed by atoms with Gasteiger partial charge in [0, 0.05) is 51.0 Å². The highest BCUT2D eigenvalue weighted by atomic mass is 35.5. The fraction of sp³-hybridized carbons (Fsp3) is 0.471. The van der Waals surface area contributed by atoms with Crippen molar-refractivity contribution < 1.29 is 9.13 Å². The Labute approximate surface area is 140 Å². The highest BCUT2D eigenvalue weighted by Gasteiger charge is 2.28. The van der Waals surface area contributed by atoms with Gasteiger partial charge in [-0.1, -0.05) is 17.7 Å². The SMILES string of the molecule is CCOC[C@H]1CN(Cc2ccc(Cl)c(F)c2)Cc2cn(C)nc21. The van der Waals surface area contributed by atoms with E-state index in [2.05, 4.69) is 16.2 Å². The zero-order valence-electron chi connectivity index (χ0n) is 13.4. The number of nitrogens with zero attached hydrogens (tertiary/aromatic N) is 3. The van der Waals surface area contributed by atoms with Crippen molar-refractivity contribution in [2.24, 2.45) is 7.05 Å². The molecule has 0 spiro atoms. The number of hydrogen-bond acceptors (Lipinski definition) is 3. The van der Waals surface area contributed by atoms with E-state index < -0.39 is 0 Å². The Kier molecular flexibility index (Phi) is 4.99. The lowest BCUT2D eigenvalue weighted by Gasteiger charge is -2.31. The Hall–Kier alpha value is -1.43. The average Bonchev–Trinajstić information content (AvgIpc) is 2.89. The fourth-order valence-electron chi connectivity index (χ4n) is 3.13. The van der Waals surface area contributed by atoms with Crippen molar-refractivity contribution in [2.45, 2.75) is 25.9 Å². The molecule has 2 aromatic rings. The van der Waals surface area contributed by atoms with Gasteiger partial charge >= 0.3 is 0 Å².